The second kappa shape index (κ2) is 7.39. The van der Waals surface area contributed by atoms with Crippen LogP contribution in [-0.4, -0.2) is 29.3 Å². The second-order valence-corrected chi connectivity index (χ2v) is 6.16. The monoisotopic (exact) mass is 351 g/mol. The number of hydrogen-bond donors (Lipinski definition) is 2. The molecule has 2 aromatic rings. The Morgan fingerprint density at radius 3 is 2.27 bits per heavy atom. The summed E-state index contributed by atoms with van der Waals surface area (Å²) in [5, 5.41) is 5.11. The van der Waals surface area contributed by atoms with Crippen LogP contribution in [0.3, 0.4) is 0 Å². The van der Waals surface area contributed by atoms with Gasteiger partial charge < -0.3 is 5.32 Å². The minimum absolute atomic E-state index is 0.146. The molecular weight excluding hydrogens is 330 g/mol. The third kappa shape index (κ3) is 2.94. The van der Waals surface area contributed by atoms with Crippen LogP contribution in [0.15, 0.2) is 60.7 Å². The molecule has 26 heavy (non-hydrogen) atoms. The second-order valence-electron chi connectivity index (χ2n) is 6.16. The standard InChI is InChI=1S/C20H21N3O3/c1-2-13-21-17(24)20(16-11-7-4-8-12-16)18(25)22-19(26)23(20)14-15-9-5-3-6-10-15/h3-12H,2,13-14H2,1H3,(H,21,24)(H,22,25,26). The van der Waals surface area contributed by atoms with Gasteiger partial charge in [-0.25, -0.2) is 4.79 Å². The minimum Gasteiger partial charge on any atom is -0.353 e. The maximum Gasteiger partial charge on any atom is 0.326 e. The number of imide groups is 1. The lowest BCUT2D eigenvalue weighted by Crippen LogP contribution is -2.57. The molecule has 1 fully saturated rings. The third-order valence-electron chi connectivity index (χ3n) is 4.44. The molecule has 1 atom stereocenters. The molecule has 134 valence electrons. The maximum absolute atomic E-state index is 13.1. The first-order chi connectivity index (χ1) is 12.6. The molecule has 0 radical (unpaired) electrons. The van der Waals surface area contributed by atoms with E-state index in [2.05, 4.69) is 10.6 Å². The van der Waals surface area contributed by atoms with Gasteiger partial charge in [-0.3, -0.25) is 19.8 Å². The Labute approximate surface area is 152 Å². The van der Waals surface area contributed by atoms with Gasteiger partial charge in [0.05, 0.1) is 0 Å². The van der Waals surface area contributed by atoms with Gasteiger partial charge in [-0.05, 0) is 17.5 Å². The summed E-state index contributed by atoms with van der Waals surface area (Å²) in [7, 11) is 0. The number of nitrogens with zero attached hydrogens (tertiary/aromatic N) is 1. The zero-order valence-corrected chi connectivity index (χ0v) is 14.6. The van der Waals surface area contributed by atoms with Crippen molar-refractivity contribution in [2.24, 2.45) is 0 Å². The third-order valence-corrected chi connectivity index (χ3v) is 4.44. The van der Waals surface area contributed by atoms with Crippen LogP contribution in [0.1, 0.15) is 24.5 Å². The molecule has 1 unspecified atom stereocenters. The molecule has 6 nitrogen and oxygen atoms in total. The van der Waals surface area contributed by atoms with Crippen molar-refractivity contribution in [3.63, 3.8) is 0 Å². The highest BCUT2D eigenvalue weighted by Crippen LogP contribution is 2.35. The van der Waals surface area contributed by atoms with Crippen LogP contribution in [0.25, 0.3) is 0 Å². The van der Waals surface area contributed by atoms with Gasteiger partial charge >= 0.3 is 6.03 Å². The van der Waals surface area contributed by atoms with Gasteiger partial charge in [-0.2, -0.15) is 0 Å². The van der Waals surface area contributed by atoms with E-state index in [0.717, 1.165) is 12.0 Å². The molecule has 0 aliphatic carbocycles. The quantitative estimate of drug-likeness (QED) is 0.618. The van der Waals surface area contributed by atoms with Gasteiger partial charge in [0.1, 0.15) is 0 Å². The molecule has 3 rings (SSSR count). The molecule has 4 amide bonds. The Morgan fingerprint density at radius 1 is 1.04 bits per heavy atom. The number of nitrogens with one attached hydrogen (secondary N) is 2. The molecule has 0 spiro atoms. The number of hydrogen-bond acceptors (Lipinski definition) is 3. The average Bonchev–Trinajstić information content (AvgIpc) is 2.92. The van der Waals surface area contributed by atoms with E-state index in [1.54, 1.807) is 30.3 Å². The summed E-state index contributed by atoms with van der Waals surface area (Å²) < 4.78 is 0. The first-order valence-electron chi connectivity index (χ1n) is 8.61. The molecule has 1 saturated heterocycles. The van der Waals surface area contributed by atoms with E-state index < -0.39 is 23.4 Å². The number of carbonyl (C=O) groups excluding carboxylic acids is 3. The normalized spacial score (nSPS) is 19.3. The van der Waals surface area contributed by atoms with Gasteiger partial charge in [0, 0.05) is 13.1 Å². The fraction of sp³-hybridized carbons (Fsp3) is 0.250. The number of urea groups is 1. The van der Waals surface area contributed by atoms with E-state index in [9.17, 15) is 14.4 Å². The van der Waals surface area contributed by atoms with E-state index in [4.69, 9.17) is 0 Å². The first kappa shape index (κ1) is 17.7. The summed E-state index contributed by atoms with van der Waals surface area (Å²) >= 11 is 0. The maximum atomic E-state index is 13.1. The van der Waals surface area contributed by atoms with E-state index in [0.29, 0.717) is 12.1 Å². The number of amides is 4. The summed E-state index contributed by atoms with van der Waals surface area (Å²) in [6.07, 6.45) is 0.727. The van der Waals surface area contributed by atoms with E-state index in [1.165, 1.54) is 4.90 Å². The molecule has 0 aromatic heterocycles. The SMILES string of the molecule is CCCNC(=O)C1(c2ccccc2)C(=O)NC(=O)N1Cc1ccccc1. The predicted molar refractivity (Wildman–Crippen MR) is 96.9 cm³/mol. The molecule has 1 aliphatic rings. The van der Waals surface area contributed by atoms with Crippen molar-refractivity contribution in [3.05, 3.63) is 71.8 Å². The lowest BCUT2D eigenvalue weighted by Gasteiger charge is -2.34. The fourth-order valence-electron chi connectivity index (χ4n) is 3.18. The highest BCUT2D eigenvalue weighted by molar-refractivity contribution is 6.20. The van der Waals surface area contributed by atoms with E-state index >= 15 is 0 Å². The molecular formula is C20H21N3O3. The van der Waals surface area contributed by atoms with Crippen LogP contribution < -0.4 is 10.6 Å². The lowest BCUT2D eigenvalue weighted by molar-refractivity contribution is -0.141. The van der Waals surface area contributed by atoms with Crippen molar-refractivity contribution >= 4 is 17.8 Å². The summed E-state index contributed by atoms with van der Waals surface area (Å²) in [5.41, 5.74) is -0.419. The zero-order valence-electron chi connectivity index (χ0n) is 14.6. The number of benzene rings is 2. The molecule has 2 N–H and O–H groups in total. The summed E-state index contributed by atoms with van der Waals surface area (Å²) in [5.74, 6) is -1.12. The zero-order chi connectivity index (χ0) is 18.6. The molecule has 1 heterocycles. The first-order valence-corrected chi connectivity index (χ1v) is 8.61. The van der Waals surface area contributed by atoms with Crippen molar-refractivity contribution in [1.29, 1.82) is 0 Å². The molecule has 0 bridgehead atoms. The Hall–Kier alpha value is -3.15. The van der Waals surface area contributed by atoms with E-state index in [1.807, 2.05) is 37.3 Å². The Kier molecular flexibility index (Phi) is 5.02. The number of rotatable bonds is 6. The van der Waals surface area contributed by atoms with Gasteiger partial charge in [-0.1, -0.05) is 67.6 Å². The number of carbonyl (C=O) groups is 3. The fourth-order valence-corrected chi connectivity index (χ4v) is 3.18. The average molecular weight is 351 g/mol. The van der Waals surface area contributed by atoms with Crippen molar-refractivity contribution < 1.29 is 14.4 Å². The van der Waals surface area contributed by atoms with Crippen molar-refractivity contribution in [1.82, 2.24) is 15.5 Å². The van der Waals surface area contributed by atoms with Crippen LogP contribution >= 0.6 is 0 Å². The molecule has 1 aliphatic heterocycles. The van der Waals surface area contributed by atoms with Gasteiger partial charge in [-0.15, -0.1) is 0 Å². The van der Waals surface area contributed by atoms with Crippen LogP contribution in [-0.2, 0) is 21.7 Å². The summed E-state index contributed by atoms with van der Waals surface area (Å²) in [6.45, 7) is 2.50. The topological polar surface area (TPSA) is 78.5 Å². The van der Waals surface area contributed by atoms with Gasteiger partial charge in [0.25, 0.3) is 11.8 Å². The summed E-state index contributed by atoms with van der Waals surface area (Å²) in [4.78, 5) is 39.9. The van der Waals surface area contributed by atoms with Gasteiger partial charge in [0.15, 0.2) is 0 Å². The van der Waals surface area contributed by atoms with Crippen LogP contribution in [0, 0.1) is 0 Å². The highest BCUT2D eigenvalue weighted by atomic mass is 16.2. The van der Waals surface area contributed by atoms with Crippen molar-refractivity contribution in [2.45, 2.75) is 25.4 Å². The molecule has 0 saturated carbocycles. The predicted octanol–water partition coefficient (Wildman–Crippen LogP) is 2.16. The molecule has 6 heteroatoms. The molecule has 2 aromatic carbocycles. The van der Waals surface area contributed by atoms with Crippen molar-refractivity contribution in [2.75, 3.05) is 6.54 Å². The van der Waals surface area contributed by atoms with Crippen LogP contribution in [0.4, 0.5) is 4.79 Å². The van der Waals surface area contributed by atoms with E-state index in [-0.39, 0.29) is 6.54 Å². The van der Waals surface area contributed by atoms with Gasteiger partial charge in [0.2, 0.25) is 5.54 Å². The van der Waals surface area contributed by atoms with Crippen molar-refractivity contribution in [3.8, 4) is 0 Å². The summed E-state index contributed by atoms with van der Waals surface area (Å²) in [6, 6.07) is 17.4. The largest absolute Gasteiger partial charge is 0.353 e. The smallest absolute Gasteiger partial charge is 0.326 e. The Balaban J connectivity index is 2.10. The van der Waals surface area contributed by atoms with Crippen LogP contribution in [0.5, 0.6) is 0 Å². The van der Waals surface area contributed by atoms with Crippen LogP contribution in [0.2, 0.25) is 0 Å². The Morgan fingerprint density at radius 2 is 1.65 bits per heavy atom. The minimum atomic E-state index is -1.72. The lowest BCUT2D eigenvalue weighted by atomic mass is 9.86. The highest BCUT2D eigenvalue weighted by Gasteiger charge is 2.59. The Bertz CT molecular complexity index is 808.